The molecule has 38 heavy (non-hydrogen) atoms. The molecule has 4 aromatic rings. The average molecular weight is 553 g/mol. The molecule has 0 saturated heterocycles. The van der Waals surface area contributed by atoms with Crippen LogP contribution in [0.1, 0.15) is 10.4 Å². The van der Waals surface area contributed by atoms with Crippen molar-refractivity contribution in [2.45, 2.75) is 0 Å². The quantitative estimate of drug-likeness (QED) is 0.277. The van der Waals surface area contributed by atoms with Crippen LogP contribution in [-0.2, 0) is 9.53 Å². The summed E-state index contributed by atoms with van der Waals surface area (Å²) >= 11 is 12.3. The first-order valence-corrected chi connectivity index (χ1v) is 12.5. The molecule has 1 heterocycles. The predicted molar refractivity (Wildman–Crippen MR) is 148 cm³/mol. The molecule has 0 spiro atoms. The van der Waals surface area contributed by atoms with Gasteiger partial charge in [0, 0.05) is 46.7 Å². The van der Waals surface area contributed by atoms with Gasteiger partial charge in [-0.1, -0.05) is 47.5 Å². The summed E-state index contributed by atoms with van der Waals surface area (Å²) in [5.74, 6) is 0.0815. The minimum atomic E-state index is -0.422. The van der Waals surface area contributed by atoms with Crippen molar-refractivity contribution < 1.29 is 19.1 Å². The third-order valence-corrected chi connectivity index (χ3v) is 6.17. The molecule has 0 unspecified atom stereocenters. The number of imidazole rings is 1. The Labute approximate surface area is 230 Å². The normalized spacial score (nSPS) is 10.7. The first kappa shape index (κ1) is 27.2. The van der Waals surface area contributed by atoms with E-state index in [-0.39, 0.29) is 31.6 Å². The van der Waals surface area contributed by atoms with Gasteiger partial charge in [0.1, 0.15) is 12.3 Å². The van der Waals surface area contributed by atoms with Crippen molar-refractivity contribution in [3.05, 3.63) is 94.6 Å². The maximum Gasteiger partial charge on any atom is 0.254 e. The number of nitrogens with zero attached hydrogens (tertiary/aromatic N) is 3. The number of rotatable bonds is 10. The van der Waals surface area contributed by atoms with Crippen LogP contribution >= 0.6 is 23.2 Å². The summed E-state index contributed by atoms with van der Waals surface area (Å²) in [6.45, 7) is 0.275. The highest BCUT2D eigenvalue weighted by atomic mass is 35.5. The van der Waals surface area contributed by atoms with E-state index >= 15 is 0 Å². The molecule has 2 amide bonds. The van der Waals surface area contributed by atoms with E-state index < -0.39 is 5.91 Å². The molecule has 1 aromatic heterocycles. The van der Waals surface area contributed by atoms with Gasteiger partial charge in [0.05, 0.1) is 19.4 Å². The number of benzene rings is 3. The van der Waals surface area contributed by atoms with Crippen LogP contribution in [-0.4, -0.2) is 60.2 Å². The Balaban J connectivity index is 1.61. The van der Waals surface area contributed by atoms with Crippen LogP contribution in [0.15, 0.2) is 79.0 Å². The van der Waals surface area contributed by atoms with Gasteiger partial charge < -0.3 is 14.4 Å². The fourth-order valence-corrected chi connectivity index (χ4v) is 4.09. The smallest absolute Gasteiger partial charge is 0.254 e. The lowest BCUT2D eigenvalue weighted by Gasteiger charge is -2.22. The maximum absolute atomic E-state index is 13.2. The van der Waals surface area contributed by atoms with Gasteiger partial charge in [0.2, 0.25) is 11.9 Å². The molecule has 0 aliphatic rings. The number of amides is 2. The molecule has 196 valence electrons. The molecule has 0 atom stereocenters. The molecule has 0 aliphatic heterocycles. The first-order valence-electron chi connectivity index (χ1n) is 11.7. The van der Waals surface area contributed by atoms with Gasteiger partial charge in [-0.15, -0.1) is 0 Å². The molecular formula is C28H26Cl2N4O4. The zero-order valence-electron chi connectivity index (χ0n) is 20.9. The zero-order valence-corrected chi connectivity index (χ0v) is 22.4. The minimum absolute atomic E-state index is 0.210. The molecule has 0 radical (unpaired) electrons. The van der Waals surface area contributed by atoms with Gasteiger partial charge in [0.15, 0.2) is 0 Å². The van der Waals surface area contributed by atoms with Gasteiger partial charge in [-0.3, -0.25) is 19.5 Å². The van der Waals surface area contributed by atoms with Gasteiger partial charge in [-0.2, -0.15) is 0 Å². The first-order chi connectivity index (χ1) is 18.4. The van der Waals surface area contributed by atoms with E-state index in [0.717, 1.165) is 5.56 Å². The van der Waals surface area contributed by atoms with E-state index in [1.165, 1.54) is 19.1 Å². The Morgan fingerprint density at radius 2 is 1.74 bits per heavy atom. The van der Waals surface area contributed by atoms with Crippen LogP contribution in [0.25, 0.3) is 16.9 Å². The lowest BCUT2D eigenvalue weighted by atomic mass is 10.2. The fraction of sp³-hybridized carbons (Fsp3) is 0.179. The zero-order chi connectivity index (χ0) is 27.1. The van der Waals surface area contributed by atoms with E-state index in [4.69, 9.17) is 32.7 Å². The summed E-state index contributed by atoms with van der Waals surface area (Å²) in [4.78, 5) is 32.5. The second-order valence-corrected chi connectivity index (χ2v) is 9.18. The second kappa shape index (κ2) is 12.6. The Bertz CT molecular complexity index is 1420. The third-order valence-electron chi connectivity index (χ3n) is 5.69. The lowest BCUT2D eigenvalue weighted by molar-refractivity contribution is -0.117. The predicted octanol–water partition coefficient (Wildman–Crippen LogP) is 5.58. The minimum Gasteiger partial charge on any atom is -0.497 e. The lowest BCUT2D eigenvalue weighted by Crippen LogP contribution is -2.40. The maximum atomic E-state index is 13.2. The van der Waals surface area contributed by atoms with Crippen molar-refractivity contribution in [1.82, 2.24) is 14.5 Å². The molecule has 1 N–H and O–H groups in total. The molecule has 4 rings (SSSR count). The molecule has 0 aliphatic carbocycles. The Hall–Kier alpha value is -3.85. The summed E-state index contributed by atoms with van der Waals surface area (Å²) in [7, 11) is 3.06. The number of hydrogen-bond donors (Lipinski definition) is 1. The van der Waals surface area contributed by atoms with E-state index in [0.29, 0.717) is 32.7 Å². The highest BCUT2D eigenvalue weighted by molar-refractivity contribution is 6.31. The van der Waals surface area contributed by atoms with E-state index in [1.807, 2.05) is 24.3 Å². The van der Waals surface area contributed by atoms with E-state index in [9.17, 15) is 9.59 Å². The van der Waals surface area contributed by atoms with Crippen molar-refractivity contribution in [3.8, 4) is 22.7 Å². The van der Waals surface area contributed by atoms with Crippen molar-refractivity contribution >= 4 is 41.0 Å². The largest absolute Gasteiger partial charge is 0.497 e. The number of halogens is 2. The SMILES string of the molecule is COCCN(CC(=O)Nc1nc(-c2ccc(Cl)cc2)cn1-c1cccc(Cl)c1)C(=O)c1cccc(OC)c1. The van der Waals surface area contributed by atoms with Crippen molar-refractivity contribution in [2.75, 3.05) is 39.2 Å². The number of methoxy groups -OCH3 is 2. The van der Waals surface area contributed by atoms with Gasteiger partial charge in [0.25, 0.3) is 5.91 Å². The van der Waals surface area contributed by atoms with Crippen molar-refractivity contribution in [1.29, 1.82) is 0 Å². The van der Waals surface area contributed by atoms with Crippen LogP contribution in [0.4, 0.5) is 5.95 Å². The number of aromatic nitrogens is 2. The number of carbonyl (C=O) groups excluding carboxylic acids is 2. The highest BCUT2D eigenvalue weighted by Gasteiger charge is 2.21. The summed E-state index contributed by atoms with van der Waals surface area (Å²) in [5, 5.41) is 3.99. The van der Waals surface area contributed by atoms with Crippen LogP contribution in [0.5, 0.6) is 5.75 Å². The number of anilines is 1. The summed E-state index contributed by atoms with van der Waals surface area (Å²) in [5.41, 5.74) is 2.56. The van der Waals surface area contributed by atoms with Gasteiger partial charge in [-0.05, 0) is 48.5 Å². The second-order valence-electron chi connectivity index (χ2n) is 8.31. The van der Waals surface area contributed by atoms with Gasteiger partial charge in [-0.25, -0.2) is 4.98 Å². The van der Waals surface area contributed by atoms with Gasteiger partial charge >= 0.3 is 0 Å². The molecule has 0 saturated carbocycles. The fourth-order valence-electron chi connectivity index (χ4n) is 3.78. The van der Waals surface area contributed by atoms with Crippen LogP contribution in [0, 0.1) is 0 Å². The van der Waals surface area contributed by atoms with E-state index in [2.05, 4.69) is 10.3 Å². The summed E-state index contributed by atoms with van der Waals surface area (Å²) in [6.07, 6.45) is 1.80. The summed E-state index contributed by atoms with van der Waals surface area (Å²) in [6, 6.07) is 21.2. The number of hydrogen-bond acceptors (Lipinski definition) is 5. The van der Waals surface area contributed by atoms with Crippen LogP contribution < -0.4 is 10.1 Å². The number of nitrogens with one attached hydrogen (secondary N) is 1. The third kappa shape index (κ3) is 6.72. The van der Waals surface area contributed by atoms with Crippen molar-refractivity contribution in [2.24, 2.45) is 0 Å². The number of carbonyl (C=O) groups is 2. The average Bonchev–Trinajstić information content (AvgIpc) is 3.34. The topological polar surface area (TPSA) is 85.7 Å². The van der Waals surface area contributed by atoms with Crippen LogP contribution in [0.3, 0.4) is 0 Å². The molecule has 0 fully saturated rings. The highest BCUT2D eigenvalue weighted by Crippen LogP contribution is 2.26. The molecule has 10 heteroatoms. The molecule has 8 nitrogen and oxygen atoms in total. The van der Waals surface area contributed by atoms with Crippen LogP contribution in [0.2, 0.25) is 10.0 Å². The van der Waals surface area contributed by atoms with Crippen molar-refractivity contribution in [3.63, 3.8) is 0 Å². The summed E-state index contributed by atoms with van der Waals surface area (Å²) < 4.78 is 12.1. The molecule has 3 aromatic carbocycles. The van der Waals surface area contributed by atoms with E-state index in [1.54, 1.807) is 59.3 Å². The Morgan fingerprint density at radius 1 is 0.974 bits per heavy atom. The Morgan fingerprint density at radius 3 is 2.45 bits per heavy atom. The number of ether oxygens (including phenoxy) is 2. The monoisotopic (exact) mass is 552 g/mol. The molecule has 0 bridgehead atoms. The standard InChI is InChI=1S/C28H26Cl2N4O4/c1-37-14-13-33(27(36)20-5-3-8-24(15-20)38-2)18-26(35)32-28-31-25(19-9-11-21(29)12-10-19)17-34(28)23-7-4-6-22(30)16-23/h3-12,15-17H,13-14,18H2,1-2H3,(H,31,32,35). The molecular weight excluding hydrogens is 527 g/mol. The Kier molecular flexibility index (Phi) is 9.02.